The molecule has 0 radical (unpaired) electrons. The summed E-state index contributed by atoms with van der Waals surface area (Å²) in [6, 6.07) is 0. The summed E-state index contributed by atoms with van der Waals surface area (Å²) in [6.45, 7) is 6.46. The highest BCUT2D eigenvalue weighted by molar-refractivity contribution is 5.85. The fourth-order valence-corrected chi connectivity index (χ4v) is 3.08. The lowest BCUT2D eigenvalue weighted by atomic mass is 9.76. The number of ether oxygens (including phenoxy) is 2. The summed E-state index contributed by atoms with van der Waals surface area (Å²) in [5.41, 5.74) is 0.0654. The Morgan fingerprint density at radius 3 is 2.43 bits per heavy atom. The van der Waals surface area contributed by atoms with Crippen molar-refractivity contribution in [1.82, 2.24) is 4.90 Å². The summed E-state index contributed by atoms with van der Waals surface area (Å²) in [5, 5.41) is 0. The number of nitrogens with zero attached hydrogens (tertiary/aromatic N) is 1. The Balaban J connectivity index is 0.000000750. The number of hydrogen-bond donors (Lipinski definition) is 0. The molecule has 4 rings (SSSR count). The zero-order chi connectivity index (χ0) is 8.89. The number of piperidine rings is 3. The summed E-state index contributed by atoms with van der Waals surface area (Å²) in [4.78, 5) is 2.52. The molecule has 3 nitrogen and oxygen atoms in total. The van der Waals surface area contributed by atoms with Crippen molar-refractivity contribution in [1.29, 1.82) is 0 Å². The zero-order valence-corrected chi connectivity index (χ0v) is 9.39. The third-order valence-corrected chi connectivity index (χ3v) is 3.79. The van der Waals surface area contributed by atoms with E-state index >= 15 is 0 Å². The van der Waals surface area contributed by atoms with Crippen molar-refractivity contribution in [2.24, 2.45) is 5.92 Å². The summed E-state index contributed by atoms with van der Waals surface area (Å²) >= 11 is 0. The van der Waals surface area contributed by atoms with Gasteiger partial charge in [0.15, 0.2) is 6.29 Å². The van der Waals surface area contributed by atoms with Gasteiger partial charge in [0.05, 0.1) is 6.61 Å². The maximum atomic E-state index is 5.96. The van der Waals surface area contributed by atoms with E-state index in [-0.39, 0.29) is 24.3 Å². The second-order valence-corrected chi connectivity index (χ2v) is 4.61. The van der Waals surface area contributed by atoms with Crippen LogP contribution in [0.5, 0.6) is 0 Å². The van der Waals surface area contributed by atoms with Gasteiger partial charge in [-0.15, -0.1) is 12.4 Å². The quantitative estimate of drug-likeness (QED) is 0.613. The second-order valence-electron chi connectivity index (χ2n) is 4.61. The lowest BCUT2D eigenvalue weighted by Crippen LogP contribution is -2.60. The van der Waals surface area contributed by atoms with Crippen LogP contribution in [0.2, 0.25) is 0 Å². The molecule has 82 valence electrons. The molecule has 4 fully saturated rings. The summed E-state index contributed by atoms with van der Waals surface area (Å²) < 4.78 is 11.5. The average molecular weight is 220 g/mol. The van der Waals surface area contributed by atoms with Crippen molar-refractivity contribution in [2.45, 2.75) is 31.7 Å². The first-order valence-electron chi connectivity index (χ1n) is 5.30. The Morgan fingerprint density at radius 1 is 1.29 bits per heavy atom. The minimum absolute atomic E-state index is 0. The van der Waals surface area contributed by atoms with Crippen LogP contribution in [0.15, 0.2) is 0 Å². The molecule has 0 aromatic heterocycles. The average Bonchev–Trinajstić information content (AvgIpc) is 2.49. The Labute approximate surface area is 91.1 Å². The monoisotopic (exact) mass is 219 g/mol. The van der Waals surface area contributed by atoms with Gasteiger partial charge >= 0.3 is 0 Å². The summed E-state index contributed by atoms with van der Waals surface area (Å²) in [5.74, 6) is 0.752. The topological polar surface area (TPSA) is 21.7 Å². The van der Waals surface area contributed by atoms with Crippen molar-refractivity contribution in [3.63, 3.8) is 0 Å². The second kappa shape index (κ2) is 3.63. The Bertz CT molecular complexity index is 218. The predicted molar refractivity (Wildman–Crippen MR) is 55.6 cm³/mol. The number of halogens is 1. The highest BCUT2D eigenvalue weighted by atomic mass is 35.5. The highest BCUT2D eigenvalue weighted by Crippen LogP contribution is 2.42. The highest BCUT2D eigenvalue weighted by Gasteiger charge is 2.51. The van der Waals surface area contributed by atoms with Gasteiger partial charge in [-0.25, -0.2) is 0 Å². The van der Waals surface area contributed by atoms with Crippen LogP contribution in [-0.4, -0.2) is 43.0 Å². The molecule has 4 aliphatic rings. The fraction of sp³-hybridized carbons (Fsp3) is 1.00. The lowest BCUT2D eigenvalue weighted by molar-refractivity contribution is -0.145. The number of hydrogen-bond acceptors (Lipinski definition) is 3. The largest absolute Gasteiger partial charge is 0.350 e. The first kappa shape index (κ1) is 10.7. The fourth-order valence-electron chi connectivity index (χ4n) is 3.08. The normalized spacial score (nSPS) is 50.8. The molecule has 0 N–H and O–H groups in total. The van der Waals surface area contributed by atoms with Crippen molar-refractivity contribution in [3.8, 4) is 0 Å². The van der Waals surface area contributed by atoms with E-state index in [1.807, 2.05) is 6.92 Å². The van der Waals surface area contributed by atoms with E-state index in [0.29, 0.717) is 0 Å². The van der Waals surface area contributed by atoms with Gasteiger partial charge in [0, 0.05) is 6.54 Å². The van der Waals surface area contributed by atoms with Crippen LogP contribution in [-0.2, 0) is 9.47 Å². The van der Waals surface area contributed by atoms with Crippen molar-refractivity contribution in [3.05, 3.63) is 0 Å². The van der Waals surface area contributed by atoms with E-state index in [1.165, 1.54) is 25.9 Å². The first-order valence-corrected chi connectivity index (χ1v) is 5.30. The van der Waals surface area contributed by atoms with Gasteiger partial charge in [-0.3, -0.25) is 0 Å². The first-order chi connectivity index (χ1) is 6.28. The van der Waals surface area contributed by atoms with E-state index in [1.54, 1.807) is 0 Å². The molecular weight excluding hydrogens is 202 g/mol. The van der Waals surface area contributed by atoms with Gasteiger partial charge in [0.1, 0.15) is 5.60 Å². The standard InChI is InChI=1S/C10H17NO2.ClH/c1-8-12-7-10(13-8)6-11-4-2-9(10)3-5-11;/h8-9H,2-7H2,1H3;1H. The van der Waals surface area contributed by atoms with E-state index in [4.69, 9.17) is 9.47 Å². The number of fused-ring (bicyclic) bond motifs is 2. The van der Waals surface area contributed by atoms with Crippen molar-refractivity contribution in [2.75, 3.05) is 26.2 Å². The SMILES string of the molecule is CC1OCC2(CN3CCC2CC3)O1.Cl. The van der Waals surface area contributed by atoms with Gasteiger partial charge in [-0.1, -0.05) is 0 Å². The molecule has 2 bridgehead atoms. The molecule has 0 saturated carbocycles. The Kier molecular flexibility index (Phi) is 2.77. The molecular formula is C10H18ClNO2. The van der Waals surface area contributed by atoms with E-state index in [0.717, 1.165) is 19.1 Å². The molecule has 14 heavy (non-hydrogen) atoms. The van der Waals surface area contributed by atoms with E-state index in [2.05, 4.69) is 4.90 Å². The molecule has 2 unspecified atom stereocenters. The Morgan fingerprint density at radius 2 is 2.00 bits per heavy atom. The maximum absolute atomic E-state index is 5.96. The molecule has 0 aromatic rings. The maximum Gasteiger partial charge on any atom is 0.155 e. The lowest BCUT2D eigenvalue weighted by Gasteiger charge is -2.50. The number of rotatable bonds is 0. The smallest absolute Gasteiger partial charge is 0.155 e. The molecule has 4 heterocycles. The van der Waals surface area contributed by atoms with Crippen molar-refractivity contribution >= 4 is 12.4 Å². The van der Waals surface area contributed by atoms with Gasteiger partial charge < -0.3 is 14.4 Å². The van der Waals surface area contributed by atoms with Gasteiger partial charge in [-0.05, 0) is 38.8 Å². The molecule has 2 atom stereocenters. The molecule has 0 aliphatic carbocycles. The molecule has 1 spiro atoms. The zero-order valence-electron chi connectivity index (χ0n) is 8.57. The summed E-state index contributed by atoms with van der Waals surface area (Å²) in [7, 11) is 0. The third-order valence-electron chi connectivity index (χ3n) is 3.79. The van der Waals surface area contributed by atoms with E-state index < -0.39 is 0 Å². The van der Waals surface area contributed by atoms with Gasteiger partial charge in [0.2, 0.25) is 0 Å². The van der Waals surface area contributed by atoms with Crippen LogP contribution in [0.3, 0.4) is 0 Å². The molecule has 4 aliphatic heterocycles. The van der Waals surface area contributed by atoms with Crippen molar-refractivity contribution < 1.29 is 9.47 Å². The molecule has 4 heteroatoms. The Hall–Kier alpha value is 0.170. The van der Waals surface area contributed by atoms with E-state index in [9.17, 15) is 0 Å². The third kappa shape index (κ3) is 1.47. The van der Waals surface area contributed by atoms with Crippen LogP contribution in [0, 0.1) is 5.92 Å². The van der Waals surface area contributed by atoms with Crippen LogP contribution in [0.1, 0.15) is 19.8 Å². The summed E-state index contributed by atoms with van der Waals surface area (Å²) in [6.07, 6.45) is 2.62. The van der Waals surface area contributed by atoms with Crippen LogP contribution in [0.25, 0.3) is 0 Å². The minimum atomic E-state index is 0. The van der Waals surface area contributed by atoms with Gasteiger partial charge in [-0.2, -0.15) is 0 Å². The molecule has 4 saturated heterocycles. The molecule has 0 amide bonds. The van der Waals surface area contributed by atoms with Crippen LogP contribution >= 0.6 is 12.4 Å². The molecule has 0 aromatic carbocycles. The van der Waals surface area contributed by atoms with Crippen LogP contribution in [0.4, 0.5) is 0 Å². The minimum Gasteiger partial charge on any atom is -0.350 e. The van der Waals surface area contributed by atoms with Gasteiger partial charge in [0.25, 0.3) is 0 Å². The predicted octanol–water partition coefficient (Wildman–Crippen LogP) is 1.27. The van der Waals surface area contributed by atoms with Crippen LogP contribution < -0.4 is 0 Å².